The highest BCUT2D eigenvalue weighted by Crippen LogP contribution is 2.20. The van der Waals surface area contributed by atoms with E-state index in [1.54, 1.807) is 36.0 Å². The van der Waals surface area contributed by atoms with Crippen LogP contribution in [-0.2, 0) is 0 Å². The molecule has 1 aromatic heterocycles. The maximum atomic E-state index is 12.8. The van der Waals surface area contributed by atoms with Crippen molar-refractivity contribution in [3.63, 3.8) is 0 Å². The SMILES string of the molecule is CNC(=O)Nc1ccc(NC(=O)c2c(C)nn(-c3ccccc3)c2C)cc1. The molecule has 27 heavy (non-hydrogen) atoms. The number of urea groups is 1. The Balaban J connectivity index is 1.79. The van der Waals surface area contributed by atoms with Crippen LogP contribution in [0.4, 0.5) is 16.2 Å². The molecule has 0 saturated heterocycles. The first-order valence-electron chi connectivity index (χ1n) is 8.51. The first kappa shape index (κ1) is 18.2. The summed E-state index contributed by atoms with van der Waals surface area (Å²) in [6.07, 6.45) is 0. The first-order chi connectivity index (χ1) is 13.0. The van der Waals surface area contributed by atoms with Crippen LogP contribution in [0, 0.1) is 13.8 Å². The van der Waals surface area contributed by atoms with Crippen LogP contribution in [0.15, 0.2) is 54.6 Å². The summed E-state index contributed by atoms with van der Waals surface area (Å²) in [5.41, 5.74) is 4.15. The van der Waals surface area contributed by atoms with E-state index in [0.29, 0.717) is 22.6 Å². The number of aryl methyl sites for hydroxylation is 1. The average molecular weight is 363 g/mol. The number of nitrogens with zero attached hydrogens (tertiary/aromatic N) is 2. The second-order valence-electron chi connectivity index (χ2n) is 6.03. The molecule has 0 bridgehead atoms. The van der Waals surface area contributed by atoms with Crippen LogP contribution in [0.25, 0.3) is 5.69 Å². The topological polar surface area (TPSA) is 88.1 Å². The molecule has 1 heterocycles. The number of benzene rings is 2. The molecular weight excluding hydrogens is 342 g/mol. The summed E-state index contributed by atoms with van der Waals surface area (Å²) < 4.78 is 1.76. The van der Waals surface area contributed by atoms with Gasteiger partial charge in [-0.05, 0) is 50.2 Å². The molecule has 3 amide bonds. The molecule has 0 radical (unpaired) electrons. The first-order valence-corrected chi connectivity index (χ1v) is 8.51. The highest BCUT2D eigenvalue weighted by atomic mass is 16.2. The van der Waals surface area contributed by atoms with Gasteiger partial charge in [0.05, 0.1) is 22.6 Å². The van der Waals surface area contributed by atoms with E-state index in [9.17, 15) is 9.59 Å². The molecule has 7 heteroatoms. The number of rotatable bonds is 4. The van der Waals surface area contributed by atoms with Crippen LogP contribution < -0.4 is 16.0 Å². The van der Waals surface area contributed by atoms with Crippen LogP contribution >= 0.6 is 0 Å². The van der Waals surface area contributed by atoms with Gasteiger partial charge in [-0.25, -0.2) is 9.48 Å². The normalized spacial score (nSPS) is 10.3. The monoisotopic (exact) mass is 363 g/mol. The molecule has 0 aliphatic rings. The molecule has 138 valence electrons. The van der Waals surface area contributed by atoms with Gasteiger partial charge in [0.15, 0.2) is 0 Å². The molecule has 2 aromatic carbocycles. The number of para-hydroxylation sites is 1. The van der Waals surface area contributed by atoms with Gasteiger partial charge in [0, 0.05) is 18.4 Å². The van der Waals surface area contributed by atoms with Gasteiger partial charge in [0.25, 0.3) is 5.91 Å². The van der Waals surface area contributed by atoms with Gasteiger partial charge >= 0.3 is 6.03 Å². The van der Waals surface area contributed by atoms with E-state index < -0.39 is 0 Å². The van der Waals surface area contributed by atoms with Crippen molar-refractivity contribution in [1.29, 1.82) is 0 Å². The Labute approximate surface area is 157 Å². The van der Waals surface area contributed by atoms with Gasteiger partial charge in [-0.1, -0.05) is 18.2 Å². The minimum absolute atomic E-state index is 0.223. The standard InChI is InChI=1S/C20H21N5O2/c1-13-18(14(2)25(24-13)17-7-5-4-6-8-17)19(26)22-15-9-11-16(12-10-15)23-20(27)21-3/h4-12H,1-3H3,(H,22,26)(H2,21,23,27). The lowest BCUT2D eigenvalue weighted by Gasteiger charge is -2.08. The molecule has 0 spiro atoms. The highest BCUT2D eigenvalue weighted by molar-refractivity contribution is 6.06. The average Bonchev–Trinajstić information content (AvgIpc) is 2.98. The molecule has 3 rings (SSSR count). The van der Waals surface area contributed by atoms with Gasteiger partial charge in [-0.15, -0.1) is 0 Å². The summed E-state index contributed by atoms with van der Waals surface area (Å²) in [6, 6.07) is 16.3. The second kappa shape index (κ2) is 7.74. The summed E-state index contributed by atoms with van der Waals surface area (Å²) in [4.78, 5) is 24.1. The van der Waals surface area contributed by atoms with Crippen molar-refractivity contribution in [2.24, 2.45) is 0 Å². The van der Waals surface area contributed by atoms with E-state index in [1.807, 2.05) is 44.2 Å². The number of carbonyl (C=O) groups is 2. The zero-order chi connectivity index (χ0) is 19.4. The zero-order valence-electron chi connectivity index (χ0n) is 15.4. The van der Waals surface area contributed by atoms with Crippen molar-refractivity contribution in [2.75, 3.05) is 17.7 Å². The number of hydrogen-bond acceptors (Lipinski definition) is 3. The number of aromatic nitrogens is 2. The number of carbonyl (C=O) groups excluding carboxylic acids is 2. The molecule has 0 aliphatic heterocycles. The number of hydrogen-bond donors (Lipinski definition) is 3. The summed E-state index contributed by atoms with van der Waals surface area (Å²) in [6.45, 7) is 3.69. The Morgan fingerprint density at radius 3 is 2.07 bits per heavy atom. The van der Waals surface area contributed by atoms with Gasteiger partial charge in [0.2, 0.25) is 0 Å². The Hall–Kier alpha value is -3.61. The van der Waals surface area contributed by atoms with E-state index in [2.05, 4.69) is 21.0 Å². The third-order valence-corrected chi connectivity index (χ3v) is 4.15. The third-order valence-electron chi connectivity index (χ3n) is 4.15. The van der Waals surface area contributed by atoms with Crippen molar-refractivity contribution in [3.05, 3.63) is 71.5 Å². The predicted octanol–water partition coefficient (Wildman–Crippen LogP) is 3.49. The maximum Gasteiger partial charge on any atom is 0.318 e. The van der Waals surface area contributed by atoms with Crippen molar-refractivity contribution < 1.29 is 9.59 Å². The minimum Gasteiger partial charge on any atom is -0.341 e. The lowest BCUT2D eigenvalue weighted by Crippen LogP contribution is -2.24. The lowest BCUT2D eigenvalue weighted by atomic mass is 10.1. The second-order valence-corrected chi connectivity index (χ2v) is 6.03. The van der Waals surface area contributed by atoms with Gasteiger partial charge in [-0.3, -0.25) is 4.79 Å². The van der Waals surface area contributed by atoms with Crippen molar-refractivity contribution in [3.8, 4) is 5.69 Å². The summed E-state index contributed by atoms with van der Waals surface area (Å²) in [5.74, 6) is -0.223. The maximum absolute atomic E-state index is 12.8. The number of anilines is 2. The van der Waals surface area contributed by atoms with Gasteiger partial charge < -0.3 is 16.0 Å². The fourth-order valence-electron chi connectivity index (χ4n) is 2.82. The molecule has 0 fully saturated rings. The Bertz CT molecular complexity index is 962. The molecule has 0 unspecified atom stereocenters. The predicted molar refractivity (Wildman–Crippen MR) is 106 cm³/mol. The van der Waals surface area contributed by atoms with E-state index in [4.69, 9.17) is 0 Å². The quantitative estimate of drug-likeness (QED) is 0.663. The van der Waals surface area contributed by atoms with Gasteiger partial charge in [-0.2, -0.15) is 5.10 Å². The van der Waals surface area contributed by atoms with Crippen LogP contribution in [0.2, 0.25) is 0 Å². The zero-order valence-corrected chi connectivity index (χ0v) is 15.4. The van der Waals surface area contributed by atoms with Crippen LogP contribution in [0.5, 0.6) is 0 Å². The largest absolute Gasteiger partial charge is 0.341 e. The molecular formula is C20H21N5O2. The van der Waals surface area contributed by atoms with Crippen molar-refractivity contribution in [1.82, 2.24) is 15.1 Å². The summed E-state index contributed by atoms with van der Waals surface area (Å²) in [7, 11) is 1.55. The van der Waals surface area contributed by atoms with Crippen molar-refractivity contribution >= 4 is 23.3 Å². The molecule has 3 N–H and O–H groups in total. The smallest absolute Gasteiger partial charge is 0.318 e. The fraction of sp³-hybridized carbons (Fsp3) is 0.150. The molecule has 7 nitrogen and oxygen atoms in total. The van der Waals surface area contributed by atoms with Crippen molar-refractivity contribution in [2.45, 2.75) is 13.8 Å². The Kier molecular flexibility index (Phi) is 5.21. The molecule has 0 aliphatic carbocycles. The van der Waals surface area contributed by atoms with E-state index in [-0.39, 0.29) is 11.9 Å². The summed E-state index contributed by atoms with van der Waals surface area (Å²) in [5, 5.41) is 12.5. The Morgan fingerprint density at radius 2 is 1.48 bits per heavy atom. The third kappa shape index (κ3) is 3.98. The lowest BCUT2D eigenvalue weighted by molar-refractivity contribution is 0.102. The molecule has 0 atom stereocenters. The molecule has 0 saturated carbocycles. The number of amides is 3. The van der Waals surface area contributed by atoms with Crippen LogP contribution in [0.3, 0.4) is 0 Å². The van der Waals surface area contributed by atoms with Crippen LogP contribution in [0.1, 0.15) is 21.7 Å². The molecule has 3 aromatic rings. The van der Waals surface area contributed by atoms with Gasteiger partial charge in [0.1, 0.15) is 0 Å². The van der Waals surface area contributed by atoms with E-state index in [1.165, 1.54) is 0 Å². The minimum atomic E-state index is -0.300. The van der Waals surface area contributed by atoms with E-state index in [0.717, 1.165) is 11.4 Å². The Morgan fingerprint density at radius 1 is 0.889 bits per heavy atom. The fourth-order valence-corrected chi connectivity index (χ4v) is 2.82. The summed E-state index contributed by atoms with van der Waals surface area (Å²) >= 11 is 0. The number of nitrogens with one attached hydrogen (secondary N) is 3. The van der Waals surface area contributed by atoms with E-state index >= 15 is 0 Å². The highest BCUT2D eigenvalue weighted by Gasteiger charge is 2.19. The van der Waals surface area contributed by atoms with Crippen LogP contribution in [-0.4, -0.2) is 28.8 Å².